The molecule has 0 aromatic carbocycles. The van der Waals surface area contributed by atoms with Gasteiger partial charge in [-0.3, -0.25) is 4.79 Å². The lowest BCUT2D eigenvalue weighted by Gasteiger charge is -2.12. The lowest BCUT2D eigenvalue weighted by molar-refractivity contribution is 0.541. The molecule has 1 atom stereocenters. The smallest absolute Gasteiger partial charge is 0.274 e. The predicted octanol–water partition coefficient (Wildman–Crippen LogP) is 1.67. The second kappa shape index (κ2) is 4.29. The van der Waals surface area contributed by atoms with Gasteiger partial charge < -0.3 is 10.3 Å². The molecule has 0 amide bonds. The summed E-state index contributed by atoms with van der Waals surface area (Å²) in [5.41, 5.74) is 5.44. The van der Waals surface area contributed by atoms with E-state index in [4.69, 9.17) is 11.0 Å². The average molecular weight is 256 g/mol. The number of nitrogen functional groups attached to an aromatic ring is 1. The number of hydrogen-bond acceptors (Lipinski definition) is 3. The van der Waals surface area contributed by atoms with Crippen molar-refractivity contribution in [2.75, 3.05) is 5.73 Å². The van der Waals surface area contributed by atoms with E-state index < -0.39 is 0 Å². The molecule has 0 bridgehead atoms. The van der Waals surface area contributed by atoms with E-state index in [0.717, 1.165) is 4.47 Å². The maximum absolute atomic E-state index is 11.5. The molecule has 4 nitrogen and oxygen atoms in total. The van der Waals surface area contributed by atoms with Gasteiger partial charge in [0.2, 0.25) is 0 Å². The van der Waals surface area contributed by atoms with Gasteiger partial charge in [0.15, 0.2) is 0 Å². The monoisotopic (exact) mass is 255 g/mol. The Kier molecular flexibility index (Phi) is 3.31. The minimum atomic E-state index is -0.254. The van der Waals surface area contributed by atoms with Gasteiger partial charge in [0, 0.05) is 16.7 Å². The summed E-state index contributed by atoms with van der Waals surface area (Å²) in [6, 6.07) is 3.41. The van der Waals surface area contributed by atoms with Gasteiger partial charge >= 0.3 is 0 Å². The summed E-state index contributed by atoms with van der Waals surface area (Å²) < 4.78 is 2.20. The second-order valence-electron chi connectivity index (χ2n) is 3.04. The zero-order chi connectivity index (χ0) is 10.7. The van der Waals surface area contributed by atoms with Crippen LogP contribution in [-0.4, -0.2) is 4.57 Å². The minimum Gasteiger partial charge on any atom is -0.394 e. The standard InChI is InChI=1S/C9H10BrN3O/c1-6(2-3-11)13-5-7(10)4-8(12)9(13)14/h4-6H,2,12H2,1H3. The summed E-state index contributed by atoms with van der Waals surface area (Å²) in [6.45, 7) is 1.80. The summed E-state index contributed by atoms with van der Waals surface area (Å²) in [6.07, 6.45) is 1.93. The van der Waals surface area contributed by atoms with Gasteiger partial charge in [-0.05, 0) is 28.9 Å². The summed E-state index contributed by atoms with van der Waals surface area (Å²) in [7, 11) is 0. The Morgan fingerprint density at radius 2 is 2.43 bits per heavy atom. The normalized spacial score (nSPS) is 12.1. The first-order valence-electron chi connectivity index (χ1n) is 4.10. The van der Waals surface area contributed by atoms with Crippen molar-refractivity contribution in [2.45, 2.75) is 19.4 Å². The predicted molar refractivity (Wildman–Crippen MR) is 57.8 cm³/mol. The zero-order valence-electron chi connectivity index (χ0n) is 7.70. The number of nitriles is 1. The lowest BCUT2D eigenvalue weighted by Crippen LogP contribution is -2.24. The van der Waals surface area contributed by atoms with Crippen molar-refractivity contribution in [1.82, 2.24) is 4.57 Å². The number of hydrogen-bond donors (Lipinski definition) is 1. The molecular formula is C9H10BrN3O. The van der Waals surface area contributed by atoms with Crippen LogP contribution in [0.15, 0.2) is 21.5 Å². The molecule has 0 saturated carbocycles. The van der Waals surface area contributed by atoms with Crippen LogP contribution in [0.4, 0.5) is 5.69 Å². The topological polar surface area (TPSA) is 71.8 Å². The highest BCUT2D eigenvalue weighted by atomic mass is 79.9. The molecular weight excluding hydrogens is 246 g/mol. The van der Waals surface area contributed by atoms with Gasteiger partial charge in [-0.1, -0.05) is 0 Å². The van der Waals surface area contributed by atoms with E-state index in [9.17, 15) is 4.79 Å². The summed E-state index contributed by atoms with van der Waals surface area (Å²) in [4.78, 5) is 11.5. The van der Waals surface area contributed by atoms with Crippen molar-refractivity contribution in [3.8, 4) is 6.07 Å². The Morgan fingerprint density at radius 3 is 3.00 bits per heavy atom. The number of pyridine rings is 1. The molecule has 0 spiro atoms. The molecule has 1 rings (SSSR count). The van der Waals surface area contributed by atoms with Crippen LogP contribution in [0.3, 0.4) is 0 Å². The molecule has 5 heteroatoms. The van der Waals surface area contributed by atoms with Crippen LogP contribution in [0.1, 0.15) is 19.4 Å². The molecule has 1 aromatic rings. The maximum atomic E-state index is 11.5. The Balaban J connectivity index is 3.22. The summed E-state index contributed by atoms with van der Waals surface area (Å²) in [5, 5.41) is 8.52. The van der Waals surface area contributed by atoms with Crippen molar-refractivity contribution in [1.29, 1.82) is 5.26 Å². The third-order valence-corrected chi connectivity index (χ3v) is 2.33. The Morgan fingerprint density at radius 1 is 1.79 bits per heavy atom. The van der Waals surface area contributed by atoms with Gasteiger partial charge in [-0.25, -0.2) is 0 Å². The van der Waals surface area contributed by atoms with E-state index in [1.807, 2.05) is 6.07 Å². The first-order chi connectivity index (χ1) is 6.56. The number of nitrogens with zero attached hydrogens (tertiary/aromatic N) is 2. The molecule has 74 valence electrons. The van der Waals surface area contributed by atoms with Gasteiger partial charge in [0.1, 0.15) is 0 Å². The van der Waals surface area contributed by atoms with Crippen LogP contribution in [0.5, 0.6) is 0 Å². The third kappa shape index (κ3) is 2.15. The van der Waals surface area contributed by atoms with E-state index in [1.54, 1.807) is 19.2 Å². The van der Waals surface area contributed by atoms with Crippen molar-refractivity contribution < 1.29 is 0 Å². The first-order valence-corrected chi connectivity index (χ1v) is 4.89. The molecule has 0 saturated heterocycles. The maximum Gasteiger partial charge on any atom is 0.274 e. The number of nitrogens with two attached hydrogens (primary N) is 1. The summed E-state index contributed by atoms with van der Waals surface area (Å²) >= 11 is 3.24. The molecule has 0 aliphatic heterocycles. The molecule has 0 fully saturated rings. The third-order valence-electron chi connectivity index (χ3n) is 1.90. The molecule has 0 aliphatic rings. The van der Waals surface area contributed by atoms with Crippen LogP contribution in [-0.2, 0) is 0 Å². The highest BCUT2D eigenvalue weighted by molar-refractivity contribution is 9.10. The molecule has 0 radical (unpaired) electrons. The van der Waals surface area contributed by atoms with Crippen LogP contribution < -0.4 is 11.3 Å². The van der Waals surface area contributed by atoms with Crippen LogP contribution >= 0.6 is 15.9 Å². The number of anilines is 1. The van der Waals surface area contributed by atoms with Crippen LogP contribution in [0.2, 0.25) is 0 Å². The van der Waals surface area contributed by atoms with Gasteiger partial charge in [0.25, 0.3) is 5.56 Å². The number of aromatic nitrogens is 1. The molecule has 14 heavy (non-hydrogen) atoms. The second-order valence-corrected chi connectivity index (χ2v) is 3.95. The summed E-state index contributed by atoms with van der Waals surface area (Å²) in [5.74, 6) is 0. The van der Waals surface area contributed by atoms with E-state index in [-0.39, 0.29) is 23.7 Å². The minimum absolute atomic E-state index is 0.160. The fourth-order valence-electron chi connectivity index (χ4n) is 1.15. The SMILES string of the molecule is CC(CC#N)n1cc(Br)cc(N)c1=O. The Bertz CT molecular complexity index is 433. The van der Waals surface area contributed by atoms with Crippen LogP contribution in [0.25, 0.3) is 0 Å². The van der Waals surface area contributed by atoms with Crippen molar-refractivity contribution in [2.24, 2.45) is 0 Å². The lowest BCUT2D eigenvalue weighted by atomic mass is 10.2. The highest BCUT2D eigenvalue weighted by Crippen LogP contribution is 2.14. The Hall–Kier alpha value is -1.28. The molecule has 2 N–H and O–H groups in total. The largest absolute Gasteiger partial charge is 0.394 e. The van der Waals surface area contributed by atoms with E-state index in [0.29, 0.717) is 0 Å². The fraction of sp³-hybridized carbons (Fsp3) is 0.333. The molecule has 1 aromatic heterocycles. The number of halogens is 1. The first kappa shape index (κ1) is 10.8. The van der Waals surface area contributed by atoms with Gasteiger partial charge in [0.05, 0.1) is 18.2 Å². The van der Waals surface area contributed by atoms with Crippen molar-refractivity contribution >= 4 is 21.6 Å². The Labute approximate surface area is 90.1 Å². The quantitative estimate of drug-likeness (QED) is 0.874. The van der Waals surface area contributed by atoms with Gasteiger partial charge in [-0.2, -0.15) is 5.26 Å². The zero-order valence-corrected chi connectivity index (χ0v) is 9.28. The van der Waals surface area contributed by atoms with Gasteiger partial charge in [-0.15, -0.1) is 0 Å². The van der Waals surface area contributed by atoms with E-state index in [1.165, 1.54) is 4.57 Å². The van der Waals surface area contributed by atoms with Crippen molar-refractivity contribution in [3.05, 3.63) is 27.1 Å². The van der Waals surface area contributed by atoms with E-state index >= 15 is 0 Å². The van der Waals surface area contributed by atoms with Crippen molar-refractivity contribution in [3.63, 3.8) is 0 Å². The molecule has 1 heterocycles. The van der Waals surface area contributed by atoms with Crippen LogP contribution in [0, 0.1) is 11.3 Å². The van der Waals surface area contributed by atoms with E-state index in [2.05, 4.69) is 15.9 Å². The molecule has 0 aliphatic carbocycles. The molecule has 1 unspecified atom stereocenters. The number of rotatable bonds is 2. The highest BCUT2D eigenvalue weighted by Gasteiger charge is 2.08. The average Bonchev–Trinajstić information content (AvgIpc) is 2.11. The fourth-order valence-corrected chi connectivity index (χ4v) is 1.61.